The number of rotatable bonds is 7. The Morgan fingerprint density at radius 2 is 1.78 bits per heavy atom. The summed E-state index contributed by atoms with van der Waals surface area (Å²) in [5, 5.41) is 2.34. The molecule has 0 aromatic heterocycles. The van der Waals surface area contributed by atoms with Gasteiger partial charge in [-0.15, -0.1) is 0 Å². The number of halogens is 4. The molecule has 0 bridgehead atoms. The van der Waals surface area contributed by atoms with Crippen molar-refractivity contribution in [2.45, 2.75) is 25.3 Å². The zero-order chi connectivity index (χ0) is 13.6. The standard InChI is InChI=1S/C12H16F4N2/c13-11(14)12(15,16)8-18-6-5-9-3-1-2-4-10(9)7-17/h1-4,11,18H,5-8,17H2. The van der Waals surface area contributed by atoms with Gasteiger partial charge in [-0.3, -0.25) is 0 Å². The minimum absolute atomic E-state index is 0.208. The average Bonchev–Trinajstić information content (AvgIpc) is 2.35. The van der Waals surface area contributed by atoms with E-state index >= 15 is 0 Å². The number of hydrogen-bond acceptors (Lipinski definition) is 2. The van der Waals surface area contributed by atoms with Crippen molar-refractivity contribution >= 4 is 0 Å². The molecule has 0 spiro atoms. The summed E-state index contributed by atoms with van der Waals surface area (Å²) in [7, 11) is 0. The second kappa shape index (κ2) is 6.70. The van der Waals surface area contributed by atoms with Crippen LogP contribution in [0.2, 0.25) is 0 Å². The van der Waals surface area contributed by atoms with Gasteiger partial charge in [0.15, 0.2) is 0 Å². The van der Waals surface area contributed by atoms with Crippen LogP contribution in [0.1, 0.15) is 11.1 Å². The van der Waals surface area contributed by atoms with Gasteiger partial charge >= 0.3 is 12.3 Å². The molecule has 1 rings (SSSR count). The molecule has 0 aliphatic heterocycles. The lowest BCUT2D eigenvalue weighted by atomic mass is 10.0. The van der Waals surface area contributed by atoms with Crippen molar-refractivity contribution in [3.63, 3.8) is 0 Å². The van der Waals surface area contributed by atoms with Gasteiger partial charge in [0, 0.05) is 6.54 Å². The molecule has 0 aliphatic rings. The molecule has 6 heteroatoms. The minimum atomic E-state index is -3.98. The van der Waals surface area contributed by atoms with Crippen molar-refractivity contribution in [1.82, 2.24) is 5.32 Å². The highest BCUT2D eigenvalue weighted by Gasteiger charge is 2.39. The SMILES string of the molecule is NCc1ccccc1CCNCC(F)(F)C(F)F. The molecular formula is C12H16F4N2. The van der Waals surface area contributed by atoms with Gasteiger partial charge < -0.3 is 11.1 Å². The third kappa shape index (κ3) is 4.27. The number of nitrogens with one attached hydrogen (secondary N) is 1. The first-order valence-electron chi connectivity index (χ1n) is 5.61. The minimum Gasteiger partial charge on any atom is -0.326 e. The first kappa shape index (κ1) is 14.9. The predicted molar refractivity (Wildman–Crippen MR) is 61.9 cm³/mol. The molecule has 1 aromatic carbocycles. The third-order valence-corrected chi connectivity index (χ3v) is 2.59. The molecule has 0 aliphatic carbocycles. The van der Waals surface area contributed by atoms with Gasteiger partial charge in [0.2, 0.25) is 0 Å². The summed E-state index contributed by atoms with van der Waals surface area (Å²) in [6.45, 7) is -0.446. The highest BCUT2D eigenvalue weighted by atomic mass is 19.3. The van der Waals surface area contributed by atoms with E-state index in [9.17, 15) is 17.6 Å². The first-order valence-corrected chi connectivity index (χ1v) is 5.61. The van der Waals surface area contributed by atoms with Gasteiger partial charge in [0.1, 0.15) is 0 Å². The first-order chi connectivity index (χ1) is 8.47. The Balaban J connectivity index is 2.38. The van der Waals surface area contributed by atoms with E-state index in [1.165, 1.54) is 0 Å². The summed E-state index contributed by atoms with van der Waals surface area (Å²) in [5.41, 5.74) is 7.39. The van der Waals surface area contributed by atoms with Crippen molar-refractivity contribution in [2.75, 3.05) is 13.1 Å². The monoisotopic (exact) mass is 264 g/mol. The van der Waals surface area contributed by atoms with E-state index < -0.39 is 18.9 Å². The Morgan fingerprint density at radius 1 is 1.17 bits per heavy atom. The highest BCUT2D eigenvalue weighted by molar-refractivity contribution is 5.27. The van der Waals surface area contributed by atoms with E-state index in [-0.39, 0.29) is 6.54 Å². The summed E-state index contributed by atoms with van der Waals surface area (Å²) in [6.07, 6.45) is -3.16. The van der Waals surface area contributed by atoms with E-state index in [0.29, 0.717) is 13.0 Å². The second-order valence-electron chi connectivity index (χ2n) is 3.96. The van der Waals surface area contributed by atoms with Crippen LogP contribution in [0.5, 0.6) is 0 Å². The zero-order valence-corrected chi connectivity index (χ0v) is 9.80. The van der Waals surface area contributed by atoms with Gasteiger partial charge in [-0.1, -0.05) is 24.3 Å². The van der Waals surface area contributed by atoms with Gasteiger partial charge in [-0.05, 0) is 24.1 Å². The Labute approximate surface area is 103 Å². The van der Waals surface area contributed by atoms with Crippen LogP contribution in [0.25, 0.3) is 0 Å². The molecule has 0 saturated heterocycles. The lowest BCUT2D eigenvalue weighted by molar-refractivity contribution is -0.125. The average molecular weight is 264 g/mol. The van der Waals surface area contributed by atoms with Crippen LogP contribution in [0.3, 0.4) is 0 Å². The second-order valence-corrected chi connectivity index (χ2v) is 3.96. The van der Waals surface area contributed by atoms with Gasteiger partial charge in [0.25, 0.3) is 0 Å². The predicted octanol–water partition coefficient (Wildman–Crippen LogP) is 2.18. The van der Waals surface area contributed by atoms with Gasteiger partial charge in [0.05, 0.1) is 6.54 Å². The Kier molecular flexibility index (Phi) is 5.55. The zero-order valence-electron chi connectivity index (χ0n) is 9.80. The van der Waals surface area contributed by atoms with E-state index in [1.54, 1.807) is 0 Å². The molecule has 0 heterocycles. The molecule has 1 aromatic rings. The molecule has 0 radical (unpaired) electrons. The van der Waals surface area contributed by atoms with Gasteiger partial charge in [-0.25, -0.2) is 8.78 Å². The summed E-state index contributed by atoms with van der Waals surface area (Å²) >= 11 is 0. The number of alkyl halides is 4. The van der Waals surface area contributed by atoms with Crippen molar-refractivity contribution in [3.05, 3.63) is 35.4 Å². The molecule has 2 nitrogen and oxygen atoms in total. The molecule has 0 amide bonds. The normalized spacial score (nSPS) is 12.1. The maximum absolute atomic E-state index is 12.6. The van der Waals surface area contributed by atoms with Crippen LogP contribution >= 0.6 is 0 Å². The molecule has 102 valence electrons. The van der Waals surface area contributed by atoms with E-state index in [2.05, 4.69) is 5.32 Å². The summed E-state index contributed by atoms with van der Waals surface area (Å²) in [5.74, 6) is -3.98. The maximum Gasteiger partial charge on any atom is 0.319 e. The fourth-order valence-electron chi connectivity index (χ4n) is 1.56. The summed E-state index contributed by atoms with van der Waals surface area (Å²) < 4.78 is 48.9. The lowest BCUT2D eigenvalue weighted by Crippen LogP contribution is -2.39. The van der Waals surface area contributed by atoms with Gasteiger partial charge in [-0.2, -0.15) is 8.78 Å². The Morgan fingerprint density at radius 3 is 2.33 bits per heavy atom. The van der Waals surface area contributed by atoms with Crippen LogP contribution in [-0.2, 0) is 13.0 Å². The molecule has 0 unspecified atom stereocenters. The smallest absolute Gasteiger partial charge is 0.319 e. The van der Waals surface area contributed by atoms with Crippen LogP contribution in [0.4, 0.5) is 17.6 Å². The maximum atomic E-state index is 12.6. The van der Waals surface area contributed by atoms with Crippen molar-refractivity contribution < 1.29 is 17.6 Å². The van der Waals surface area contributed by atoms with Crippen LogP contribution in [0, 0.1) is 0 Å². The van der Waals surface area contributed by atoms with Crippen LogP contribution in [0.15, 0.2) is 24.3 Å². The molecular weight excluding hydrogens is 248 g/mol. The van der Waals surface area contributed by atoms with E-state index in [0.717, 1.165) is 11.1 Å². The van der Waals surface area contributed by atoms with Crippen molar-refractivity contribution in [2.24, 2.45) is 5.73 Å². The van der Waals surface area contributed by atoms with E-state index in [4.69, 9.17) is 5.73 Å². The number of nitrogens with two attached hydrogens (primary N) is 1. The van der Waals surface area contributed by atoms with Crippen molar-refractivity contribution in [3.8, 4) is 0 Å². The largest absolute Gasteiger partial charge is 0.326 e. The van der Waals surface area contributed by atoms with Crippen molar-refractivity contribution in [1.29, 1.82) is 0 Å². The number of hydrogen-bond donors (Lipinski definition) is 2. The van der Waals surface area contributed by atoms with Crippen LogP contribution < -0.4 is 11.1 Å². The molecule has 0 saturated carbocycles. The van der Waals surface area contributed by atoms with Crippen LogP contribution in [-0.4, -0.2) is 25.4 Å². The quantitative estimate of drug-likeness (QED) is 0.585. The number of benzene rings is 1. The molecule has 18 heavy (non-hydrogen) atoms. The topological polar surface area (TPSA) is 38.0 Å². The molecule has 0 fully saturated rings. The highest BCUT2D eigenvalue weighted by Crippen LogP contribution is 2.21. The summed E-state index contributed by atoms with van der Waals surface area (Å²) in [6, 6.07) is 7.35. The third-order valence-electron chi connectivity index (χ3n) is 2.59. The fraction of sp³-hybridized carbons (Fsp3) is 0.500. The fourth-order valence-corrected chi connectivity index (χ4v) is 1.56. The van der Waals surface area contributed by atoms with E-state index in [1.807, 2.05) is 24.3 Å². The Bertz CT molecular complexity index is 369. The Hall–Kier alpha value is -1.14. The molecule has 3 N–H and O–H groups in total. The summed E-state index contributed by atoms with van der Waals surface area (Å²) in [4.78, 5) is 0. The lowest BCUT2D eigenvalue weighted by Gasteiger charge is -2.16. The molecule has 0 atom stereocenters.